The van der Waals surface area contributed by atoms with Gasteiger partial charge in [-0.05, 0) is 25.4 Å². The molecule has 3 aromatic heterocycles. The molecule has 0 atom stereocenters. The lowest BCUT2D eigenvalue weighted by Crippen LogP contribution is -2.43. The van der Waals surface area contributed by atoms with Crippen molar-refractivity contribution in [1.29, 1.82) is 0 Å². The van der Waals surface area contributed by atoms with Crippen molar-refractivity contribution < 1.29 is 0 Å². The van der Waals surface area contributed by atoms with Crippen molar-refractivity contribution >= 4 is 11.5 Å². The lowest BCUT2D eigenvalue weighted by Gasteiger charge is -2.26. The van der Waals surface area contributed by atoms with Crippen LogP contribution in [0.25, 0.3) is 16.8 Å². The Labute approximate surface area is 121 Å². The molecule has 7 nitrogen and oxygen atoms in total. The molecular formula is C14H17N7. The van der Waals surface area contributed by atoms with Gasteiger partial charge in [0.15, 0.2) is 5.65 Å². The highest BCUT2D eigenvalue weighted by molar-refractivity contribution is 5.77. The molecule has 1 aliphatic heterocycles. The Balaban J connectivity index is 1.80. The highest BCUT2D eigenvalue weighted by Crippen LogP contribution is 2.25. The average molecular weight is 283 g/mol. The van der Waals surface area contributed by atoms with Crippen LogP contribution in [0.3, 0.4) is 0 Å². The predicted molar refractivity (Wildman–Crippen MR) is 79.7 cm³/mol. The zero-order valence-electron chi connectivity index (χ0n) is 11.8. The summed E-state index contributed by atoms with van der Waals surface area (Å²) in [5.41, 5.74) is 9.90. The fourth-order valence-corrected chi connectivity index (χ4v) is 2.70. The molecular weight excluding hydrogens is 266 g/mol. The second-order valence-electron chi connectivity index (χ2n) is 5.60. The smallest absolute Gasteiger partial charge is 0.165 e. The van der Waals surface area contributed by atoms with Crippen LogP contribution in [0.15, 0.2) is 24.7 Å². The summed E-state index contributed by atoms with van der Waals surface area (Å²) in [7, 11) is 1.89. The number of nitrogens with zero attached hydrogens (tertiary/aromatic N) is 5. The minimum atomic E-state index is 0.623. The quantitative estimate of drug-likeness (QED) is 0.730. The third kappa shape index (κ3) is 2.06. The summed E-state index contributed by atoms with van der Waals surface area (Å²) in [6.07, 6.45) is 6.52. The summed E-state index contributed by atoms with van der Waals surface area (Å²) >= 11 is 0. The van der Waals surface area contributed by atoms with Crippen molar-refractivity contribution in [3.63, 3.8) is 0 Å². The van der Waals surface area contributed by atoms with Gasteiger partial charge in [-0.1, -0.05) is 0 Å². The lowest BCUT2D eigenvalue weighted by atomic mass is 9.97. The topological polar surface area (TPSA) is 86.1 Å². The van der Waals surface area contributed by atoms with Gasteiger partial charge >= 0.3 is 0 Å². The van der Waals surface area contributed by atoms with E-state index < -0.39 is 0 Å². The van der Waals surface area contributed by atoms with E-state index in [0.29, 0.717) is 11.7 Å². The molecule has 0 unspecified atom stereocenters. The van der Waals surface area contributed by atoms with Gasteiger partial charge in [0.2, 0.25) is 0 Å². The first-order chi connectivity index (χ1) is 10.2. The highest BCUT2D eigenvalue weighted by Gasteiger charge is 2.19. The second-order valence-corrected chi connectivity index (χ2v) is 5.60. The van der Waals surface area contributed by atoms with E-state index in [1.807, 2.05) is 25.5 Å². The Morgan fingerprint density at radius 2 is 2.19 bits per heavy atom. The van der Waals surface area contributed by atoms with E-state index in [4.69, 9.17) is 10.7 Å². The van der Waals surface area contributed by atoms with E-state index in [-0.39, 0.29) is 0 Å². The molecule has 0 radical (unpaired) electrons. The number of nitrogens with one attached hydrogen (secondary N) is 1. The SMILES string of the molecule is Cn1cc(-c2cnn3c(N)cc(CC4CNC4)nc23)cn1. The molecule has 1 aliphatic rings. The number of anilines is 1. The first-order valence-corrected chi connectivity index (χ1v) is 7.03. The van der Waals surface area contributed by atoms with Crippen molar-refractivity contribution in [2.24, 2.45) is 13.0 Å². The van der Waals surface area contributed by atoms with Crippen LogP contribution in [0, 0.1) is 5.92 Å². The summed E-state index contributed by atoms with van der Waals surface area (Å²) in [5, 5.41) is 11.8. The number of aromatic nitrogens is 5. The maximum atomic E-state index is 6.11. The molecule has 0 aromatic carbocycles. The van der Waals surface area contributed by atoms with Gasteiger partial charge in [-0.15, -0.1) is 0 Å². The Morgan fingerprint density at radius 1 is 1.33 bits per heavy atom. The number of nitrogens with two attached hydrogens (primary N) is 1. The summed E-state index contributed by atoms with van der Waals surface area (Å²) in [5.74, 6) is 1.28. The Kier molecular flexibility index (Phi) is 2.68. The van der Waals surface area contributed by atoms with Gasteiger partial charge in [-0.25, -0.2) is 4.98 Å². The first kappa shape index (κ1) is 12.3. The van der Waals surface area contributed by atoms with E-state index in [0.717, 1.165) is 42.0 Å². The van der Waals surface area contributed by atoms with Gasteiger partial charge in [0.1, 0.15) is 5.82 Å². The zero-order valence-corrected chi connectivity index (χ0v) is 11.8. The van der Waals surface area contributed by atoms with Gasteiger partial charge in [0.05, 0.1) is 12.4 Å². The van der Waals surface area contributed by atoms with Crippen molar-refractivity contribution in [3.05, 3.63) is 30.4 Å². The number of aryl methyl sites for hydroxylation is 1. The van der Waals surface area contributed by atoms with E-state index in [1.165, 1.54) is 0 Å². The molecule has 21 heavy (non-hydrogen) atoms. The monoisotopic (exact) mass is 283 g/mol. The summed E-state index contributed by atoms with van der Waals surface area (Å²) in [4.78, 5) is 4.76. The van der Waals surface area contributed by atoms with Crippen LogP contribution < -0.4 is 11.1 Å². The predicted octanol–water partition coefficient (Wildman–Crippen LogP) is 0.474. The van der Waals surface area contributed by atoms with Crippen molar-refractivity contribution in [2.45, 2.75) is 6.42 Å². The molecule has 0 saturated carbocycles. The van der Waals surface area contributed by atoms with Crippen LogP contribution in [0.5, 0.6) is 0 Å². The van der Waals surface area contributed by atoms with Crippen LogP contribution in [-0.2, 0) is 13.5 Å². The summed E-state index contributed by atoms with van der Waals surface area (Å²) in [6, 6.07) is 1.92. The average Bonchev–Trinajstić information content (AvgIpc) is 3.00. The third-order valence-corrected chi connectivity index (χ3v) is 3.93. The summed E-state index contributed by atoms with van der Waals surface area (Å²) in [6.45, 7) is 2.11. The zero-order chi connectivity index (χ0) is 14.4. The van der Waals surface area contributed by atoms with Gasteiger partial charge < -0.3 is 11.1 Å². The molecule has 4 rings (SSSR count). The maximum absolute atomic E-state index is 6.11. The van der Waals surface area contributed by atoms with E-state index in [9.17, 15) is 0 Å². The Bertz CT molecular complexity index is 797. The van der Waals surface area contributed by atoms with Crippen molar-refractivity contribution in [2.75, 3.05) is 18.8 Å². The lowest BCUT2D eigenvalue weighted by molar-refractivity contribution is 0.344. The molecule has 0 spiro atoms. The normalized spacial score (nSPS) is 15.5. The molecule has 0 aliphatic carbocycles. The molecule has 0 bridgehead atoms. The molecule has 1 fully saturated rings. The number of fused-ring (bicyclic) bond motifs is 1. The van der Waals surface area contributed by atoms with Crippen LogP contribution in [0.2, 0.25) is 0 Å². The van der Waals surface area contributed by atoms with Crippen LogP contribution >= 0.6 is 0 Å². The molecule has 0 amide bonds. The number of nitrogen functional groups attached to an aromatic ring is 1. The minimum Gasteiger partial charge on any atom is -0.384 e. The molecule has 7 heteroatoms. The largest absolute Gasteiger partial charge is 0.384 e. The molecule has 3 aromatic rings. The van der Waals surface area contributed by atoms with Crippen LogP contribution in [0.4, 0.5) is 5.82 Å². The fourth-order valence-electron chi connectivity index (χ4n) is 2.70. The number of hydrogen-bond donors (Lipinski definition) is 2. The van der Waals surface area contributed by atoms with Gasteiger partial charge in [-0.2, -0.15) is 14.7 Å². The highest BCUT2D eigenvalue weighted by atomic mass is 15.3. The van der Waals surface area contributed by atoms with Crippen molar-refractivity contribution in [3.8, 4) is 11.1 Å². The Morgan fingerprint density at radius 3 is 2.86 bits per heavy atom. The van der Waals surface area contributed by atoms with Gasteiger partial charge in [0, 0.05) is 36.1 Å². The Hall–Kier alpha value is -2.41. The van der Waals surface area contributed by atoms with E-state index >= 15 is 0 Å². The third-order valence-electron chi connectivity index (χ3n) is 3.93. The van der Waals surface area contributed by atoms with Gasteiger partial charge in [-0.3, -0.25) is 4.68 Å². The first-order valence-electron chi connectivity index (χ1n) is 7.03. The fraction of sp³-hybridized carbons (Fsp3) is 0.357. The number of hydrogen-bond acceptors (Lipinski definition) is 5. The van der Waals surface area contributed by atoms with E-state index in [2.05, 4.69) is 15.5 Å². The van der Waals surface area contributed by atoms with E-state index in [1.54, 1.807) is 15.4 Å². The molecule has 4 heterocycles. The second kappa shape index (κ2) is 4.56. The minimum absolute atomic E-state index is 0.623. The van der Waals surface area contributed by atoms with Crippen LogP contribution in [-0.4, -0.2) is 37.5 Å². The standard InChI is InChI=1S/C14H17N7/c1-20-8-10(6-17-20)12-7-18-21-13(15)3-11(19-14(12)21)2-9-4-16-5-9/h3,6-9,16H,2,4-5,15H2,1H3. The molecule has 1 saturated heterocycles. The molecule has 108 valence electrons. The maximum Gasteiger partial charge on any atom is 0.165 e. The van der Waals surface area contributed by atoms with Crippen LogP contribution in [0.1, 0.15) is 5.69 Å². The van der Waals surface area contributed by atoms with Gasteiger partial charge in [0.25, 0.3) is 0 Å². The molecule has 3 N–H and O–H groups in total. The van der Waals surface area contributed by atoms with Crippen molar-refractivity contribution in [1.82, 2.24) is 29.7 Å². The summed E-state index contributed by atoms with van der Waals surface area (Å²) < 4.78 is 3.46. The number of rotatable bonds is 3.